The summed E-state index contributed by atoms with van der Waals surface area (Å²) < 4.78 is 5.94. The van der Waals surface area contributed by atoms with Crippen molar-refractivity contribution in [2.24, 2.45) is 7.05 Å². The van der Waals surface area contributed by atoms with E-state index in [0.717, 1.165) is 27.7 Å². The third kappa shape index (κ3) is 3.55. The van der Waals surface area contributed by atoms with E-state index in [9.17, 15) is 14.4 Å². The molecule has 2 rings (SSSR count). The monoisotopic (exact) mass is 347 g/mol. The van der Waals surface area contributed by atoms with Gasteiger partial charge in [-0.25, -0.2) is 19.0 Å². The number of aromatic nitrogens is 3. The first kappa shape index (κ1) is 15.8. The van der Waals surface area contributed by atoms with E-state index in [0.29, 0.717) is 20.5 Å². The normalized spacial score (nSPS) is 10.6. The fourth-order valence-corrected chi connectivity index (χ4v) is 3.56. The van der Waals surface area contributed by atoms with Crippen LogP contribution in [0.2, 0.25) is 4.34 Å². The zero-order chi connectivity index (χ0) is 15.6. The second kappa shape index (κ2) is 6.46. The number of methoxy groups -OCH3 is 1. The highest BCUT2D eigenvalue weighted by Gasteiger charge is 2.14. The number of hydrogen-bond donors (Lipinski definition) is 1. The fourth-order valence-electron chi connectivity index (χ4n) is 1.37. The van der Waals surface area contributed by atoms with Crippen LogP contribution in [-0.2, 0) is 17.5 Å². The lowest BCUT2D eigenvalue weighted by Crippen LogP contribution is -2.34. The lowest BCUT2D eigenvalue weighted by atomic mass is 10.3. The summed E-state index contributed by atoms with van der Waals surface area (Å²) in [4.78, 5) is 40.8. The topological polar surface area (TPSA) is 94.0 Å². The number of rotatable bonds is 4. The van der Waals surface area contributed by atoms with E-state index in [2.05, 4.69) is 14.7 Å². The van der Waals surface area contributed by atoms with Crippen molar-refractivity contribution in [3.8, 4) is 0 Å². The molecule has 0 aliphatic carbocycles. The minimum atomic E-state index is -0.632. The van der Waals surface area contributed by atoms with Crippen molar-refractivity contribution in [1.29, 1.82) is 0 Å². The Balaban J connectivity index is 2.17. The van der Waals surface area contributed by atoms with Gasteiger partial charge >= 0.3 is 17.3 Å². The van der Waals surface area contributed by atoms with Crippen LogP contribution in [0.25, 0.3) is 0 Å². The SMILES string of the molecule is COC(=O)c1cc(CSc2nc(=O)n(C)c(=O)[nH]2)c(Cl)s1. The van der Waals surface area contributed by atoms with Crippen LogP contribution < -0.4 is 11.4 Å². The number of thiophene rings is 1. The third-order valence-corrected chi connectivity index (χ3v) is 4.85. The van der Waals surface area contributed by atoms with E-state index in [-0.39, 0.29) is 5.16 Å². The second-order valence-electron chi connectivity index (χ2n) is 3.88. The predicted octanol–water partition coefficient (Wildman–Crippen LogP) is 1.26. The van der Waals surface area contributed by atoms with E-state index in [1.54, 1.807) is 6.07 Å². The average molecular weight is 348 g/mol. The average Bonchev–Trinajstić information content (AvgIpc) is 2.82. The maximum atomic E-state index is 11.4. The minimum Gasteiger partial charge on any atom is -0.465 e. The zero-order valence-electron chi connectivity index (χ0n) is 11.0. The molecule has 0 aromatic carbocycles. The van der Waals surface area contributed by atoms with Crippen LogP contribution in [0.5, 0.6) is 0 Å². The smallest absolute Gasteiger partial charge is 0.353 e. The predicted molar refractivity (Wildman–Crippen MR) is 80.3 cm³/mol. The zero-order valence-corrected chi connectivity index (χ0v) is 13.4. The van der Waals surface area contributed by atoms with Gasteiger partial charge in [-0.2, -0.15) is 4.98 Å². The van der Waals surface area contributed by atoms with Crippen molar-refractivity contribution in [3.05, 3.63) is 41.8 Å². The Hall–Kier alpha value is -1.58. The number of nitrogens with one attached hydrogen (secondary N) is 1. The number of hydrogen-bond acceptors (Lipinski definition) is 7. The van der Waals surface area contributed by atoms with Crippen molar-refractivity contribution in [2.45, 2.75) is 10.9 Å². The van der Waals surface area contributed by atoms with Crippen molar-refractivity contribution in [3.63, 3.8) is 0 Å². The van der Waals surface area contributed by atoms with Crippen LogP contribution in [0, 0.1) is 0 Å². The van der Waals surface area contributed by atoms with Gasteiger partial charge < -0.3 is 4.74 Å². The molecule has 2 aromatic heterocycles. The minimum absolute atomic E-state index is 0.199. The number of thioether (sulfide) groups is 1. The molecule has 10 heteroatoms. The van der Waals surface area contributed by atoms with E-state index in [1.165, 1.54) is 14.2 Å². The third-order valence-electron chi connectivity index (χ3n) is 2.51. The van der Waals surface area contributed by atoms with Crippen LogP contribution in [0.4, 0.5) is 0 Å². The highest BCUT2D eigenvalue weighted by Crippen LogP contribution is 2.32. The molecule has 1 N–H and O–H groups in total. The summed E-state index contributed by atoms with van der Waals surface area (Å²) in [5.41, 5.74) is -0.465. The summed E-state index contributed by atoms with van der Waals surface area (Å²) in [6.45, 7) is 0. The van der Waals surface area contributed by atoms with Crippen molar-refractivity contribution < 1.29 is 9.53 Å². The molecule has 2 aromatic rings. The molecule has 0 radical (unpaired) electrons. The van der Waals surface area contributed by atoms with Gasteiger partial charge in [0, 0.05) is 12.8 Å². The van der Waals surface area contributed by atoms with Gasteiger partial charge in [-0.05, 0) is 11.6 Å². The number of nitrogens with zero attached hydrogens (tertiary/aromatic N) is 2. The van der Waals surface area contributed by atoms with Crippen LogP contribution in [-0.4, -0.2) is 27.6 Å². The van der Waals surface area contributed by atoms with E-state index >= 15 is 0 Å². The maximum absolute atomic E-state index is 11.4. The Kier molecular flexibility index (Phi) is 4.86. The summed E-state index contributed by atoms with van der Waals surface area (Å²) in [6, 6.07) is 1.62. The van der Waals surface area contributed by atoms with Gasteiger partial charge in [0.15, 0.2) is 5.16 Å². The number of aromatic amines is 1. The molecule has 0 bridgehead atoms. The summed E-state index contributed by atoms with van der Waals surface area (Å²) in [7, 11) is 2.62. The molecule has 0 fully saturated rings. The molecule has 0 amide bonds. The molecule has 7 nitrogen and oxygen atoms in total. The number of halogens is 1. The number of ether oxygens (including phenoxy) is 1. The molecule has 112 valence electrons. The van der Waals surface area contributed by atoms with Crippen molar-refractivity contribution in [1.82, 2.24) is 14.5 Å². The first-order valence-electron chi connectivity index (χ1n) is 5.59. The largest absolute Gasteiger partial charge is 0.465 e. The summed E-state index contributed by atoms with van der Waals surface area (Å²) in [6.07, 6.45) is 0. The van der Waals surface area contributed by atoms with E-state index < -0.39 is 17.3 Å². The Morgan fingerprint density at radius 1 is 1.57 bits per heavy atom. The Labute approximate surface area is 131 Å². The lowest BCUT2D eigenvalue weighted by molar-refractivity contribution is 0.0606. The Morgan fingerprint density at radius 3 is 2.90 bits per heavy atom. The quantitative estimate of drug-likeness (QED) is 0.661. The lowest BCUT2D eigenvalue weighted by Gasteiger charge is -2.00. The first-order valence-corrected chi connectivity index (χ1v) is 7.77. The molecule has 0 unspecified atom stereocenters. The van der Waals surface area contributed by atoms with Gasteiger partial charge in [0.25, 0.3) is 0 Å². The molecule has 0 atom stereocenters. The molecule has 0 spiro atoms. The van der Waals surface area contributed by atoms with Gasteiger partial charge in [-0.1, -0.05) is 23.4 Å². The van der Waals surface area contributed by atoms with Gasteiger partial charge in [-0.15, -0.1) is 11.3 Å². The second-order valence-corrected chi connectivity index (χ2v) is 6.50. The van der Waals surface area contributed by atoms with Gasteiger partial charge in [0.05, 0.1) is 11.4 Å². The molecule has 0 saturated carbocycles. The van der Waals surface area contributed by atoms with Gasteiger partial charge in [-0.3, -0.25) is 4.98 Å². The van der Waals surface area contributed by atoms with Crippen LogP contribution in [0.15, 0.2) is 20.8 Å². The maximum Gasteiger partial charge on any atom is 0.353 e. The Bertz CT molecular complexity index is 764. The summed E-state index contributed by atoms with van der Waals surface area (Å²) >= 11 is 8.30. The molecule has 0 aliphatic heterocycles. The number of carbonyl (C=O) groups is 1. The molecule has 21 heavy (non-hydrogen) atoms. The molecular formula is C11H10ClN3O4S2. The number of esters is 1. The van der Waals surface area contributed by atoms with E-state index in [4.69, 9.17) is 11.6 Å². The highest BCUT2D eigenvalue weighted by atomic mass is 35.5. The van der Waals surface area contributed by atoms with E-state index in [1.807, 2.05) is 0 Å². The molecule has 0 saturated heterocycles. The fraction of sp³-hybridized carbons (Fsp3) is 0.273. The number of carbonyl (C=O) groups excluding carboxylic acids is 1. The van der Waals surface area contributed by atoms with Crippen LogP contribution in [0.3, 0.4) is 0 Å². The van der Waals surface area contributed by atoms with Gasteiger partial charge in [0.1, 0.15) is 4.88 Å². The van der Waals surface area contributed by atoms with Crippen molar-refractivity contribution >= 4 is 40.7 Å². The van der Waals surface area contributed by atoms with Gasteiger partial charge in [0.2, 0.25) is 0 Å². The van der Waals surface area contributed by atoms with Crippen molar-refractivity contribution in [2.75, 3.05) is 7.11 Å². The number of H-pyrrole nitrogens is 1. The standard InChI is InChI=1S/C11H10ClN3O4S2/c1-15-10(17)13-9(14-11(15)18)20-4-5-3-6(8(16)19-2)21-7(5)12/h3H,4H2,1-2H3,(H,13,14,17,18). The first-order chi connectivity index (χ1) is 9.92. The molecule has 2 heterocycles. The van der Waals surface area contributed by atoms with Crippen LogP contribution >= 0.6 is 34.7 Å². The Morgan fingerprint density at radius 2 is 2.29 bits per heavy atom. The summed E-state index contributed by atoms with van der Waals surface area (Å²) in [5.74, 6) is -0.0964. The highest BCUT2D eigenvalue weighted by molar-refractivity contribution is 7.98. The molecule has 0 aliphatic rings. The van der Waals surface area contributed by atoms with Crippen LogP contribution in [0.1, 0.15) is 15.2 Å². The molecular weight excluding hydrogens is 338 g/mol. The summed E-state index contributed by atoms with van der Waals surface area (Å²) in [5, 5.41) is 0.199.